The van der Waals surface area contributed by atoms with Crippen LogP contribution in [0.15, 0.2) is 18.2 Å². The first-order valence-electron chi connectivity index (χ1n) is 6.72. The number of rotatable bonds is 3. The normalized spacial score (nSPS) is 10.7. The van der Waals surface area contributed by atoms with Crippen LogP contribution in [0.5, 0.6) is 23.0 Å². The molecule has 0 bridgehead atoms. The zero-order valence-electron chi connectivity index (χ0n) is 12.7. The Labute approximate surface area is 124 Å². The average Bonchev–Trinajstić information content (AvgIpc) is 2.41. The molecule has 0 aliphatic carbocycles. The SMILES string of the molecule is COc1cc(O)c(C)c(C)c1Cc1c(C)cc(O)cc1O. The van der Waals surface area contributed by atoms with Crippen molar-refractivity contribution in [3.8, 4) is 23.0 Å². The molecule has 2 rings (SSSR count). The third kappa shape index (κ3) is 2.75. The molecule has 4 heteroatoms. The predicted octanol–water partition coefficient (Wildman–Crippen LogP) is 3.33. The molecule has 2 aromatic rings. The topological polar surface area (TPSA) is 69.9 Å². The molecule has 112 valence electrons. The van der Waals surface area contributed by atoms with Gasteiger partial charge >= 0.3 is 0 Å². The standard InChI is InChI=1S/C17H20O4/c1-9-5-12(18)6-16(20)13(9)7-14-10(2)11(3)15(19)8-17(14)21-4/h5-6,8,18-20H,7H2,1-4H3. The molecule has 3 N–H and O–H groups in total. The van der Waals surface area contributed by atoms with Crippen LogP contribution in [0.25, 0.3) is 0 Å². The molecule has 0 saturated heterocycles. The van der Waals surface area contributed by atoms with Gasteiger partial charge in [-0.15, -0.1) is 0 Å². The van der Waals surface area contributed by atoms with Crippen molar-refractivity contribution in [3.05, 3.63) is 46.0 Å². The van der Waals surface area contributed by atoms with E-state index >= 15 is 0 Å². The monoisotopic (exact) mass is 288 g/mol. The minimum atomic E-state index is 0.0410. The van der Waals surface area contributed by atoms with Crippen molar-refractivity contribution >= 4 is 0 Å². The average molecular weight is 288 g/mol. The molecule has 0 radical (unpaired) electrons. The Bertz CT molecular complexity index is 667. The van der Waals surface area contributed by atoms with E-state index in [0.29, 0.717) is 12.2 Å². The molecule has 0 aliphatic rings. The van der Waals surface area contributed by atoms with Gasteiger partial charge in [-0.05, 0) is 43.5 Å². The van der Waals surface area contributed by atoms with Crippen LogP contribution in [0.4, 0.5) is 0 Å². The number of benzene rings is 2. The summed E-state index contributed by atoms with van der Waals surface area (Å²) in [5, 5.41) is 29.4. The summed E-state index contributed by atoms with van der Waals surface area (Å²) >= 11 is 0. The largest absolute Gasteiger partial charge is 0.508 e. The maximum absolute atomic E-state index is 10.1. The number of aryl methyl sites for hydroxylation is 1. The molecule has 0 atom stereocenters. The van der Waals surface area contributed by atoms with Gasteiger partial charge in [0.05, 0.1) is 7.11 Å². The summed E-state index contributed by atoms with van der Waals surface area (Å²) < 4.78 is 5.35. The van der Waals surface area contributed by atoms with Crippen LogP contribution in [0, 0.1) is 20.8 Å². The Hall–Kier alpha value is -2.36. The van der Waals surface area contributed by atoms with Crippen molar-refractivity contribution in [1.29, 1.82) is 0 Å². The van der Waals surface area contributed by atoms with Crippen LogP contribution in [-0.2, 0) is 6.42 Å². The van der Waals surface area contributed by atoms with E-state index in [2.05, 4.69) is 0 Å². The predicted molar refractivity (Wildman–Crippen MR) is 81.4 cm³/mol. The van der Waals surface area contributed by atoms with E-state index in [9.17, 15) is 15.3 Å². The van der Waals surface area contributed by atoms with E-state index in [0.717, 1.165) is 27.8 Å². The van der Waals surface area contributed by atoms with Crippen molar-refractivity contribution in [1.82, 2.24) is 0 Å². The van der Waals surface area contributed by atoms with Gasteiger partial charge in [0, 0.05) is 29.7 Å². The van der Waals surface area contributed by atoms with Gasteiger partial charge in [-0.2, -0.15) is 0 Å². The summed E-state index contributed by atoms with van der Waals surface area (Å²) in [6.07, 6.45) is 0.466. The van der Waals surface area contributed by atoms with Gasteiger partial charge in [0.15, 0.2) is 0 Å². The molecule has 0 heterocycles. The number of methoxy groups -OCH3 is 1. The maximum atomic E-state index is 10.1. The number of ether oxygens (including phenoxy) is 1. The summed E-state index contributed by atoms with van der Waals surface area (Å²) in [5.74, 6) is 0.876. The second-order valence-electron chi connectivity index (χ2n) is 5.26. The van der Waals surface area contributed by atoms with E-state index in [4.69, 9.17) is 4.74 Å². The highest BCUT2D eigenvalue weighted by Crippen LogP contribution is 2.36. The van der Waals surface area contributed by atoms with Crippen molar-refractivity contribution < 1.29 is 20.1 Å². The van der Waals surface area contributed by atoms with Gasteiger partial charge < -0.3 is 20.1 Å². The first-order valence-corrected chi connectivity index (χ1v) is 6.72. The lowest BCUT2D eigenvalue weighted by atomic mass is 9.93. The van der Waals surface area contributed by atoms with Crippen LogP contribution in [0.2, 0.25) is 0 Å². The zero-order chi connectivity index (χ0) is 15.7. The Morgan fingerprint density at radius 2 is 1.52 bits per heavy atom. The quantitative estimate of drug-likeness (QED) is 0.810. The van der Waals surface area contributed by atoms with Crippen LogP contribution in [0.1, 0.15) is 27.8 Å². The molecule has 0 aliphatic heterocycles. The van der Waals surface area contributed by atoms with E-state index in [1.807, 2.05) is 20.8 Å². The third-order valence-electron chi connectivity index (χ3n) is 3.97. The highest BCUT2D eigenvalue weighted by Gasteiger charge is 2.16. The molecular formula is C17H20O4. The molecule has 0 fully saturated rings. The molecular weight excluding hydrogens is 268 g/mol. The second-order valence-corrected chi connectivity index (χ2v) is 5.26. The third-order valence-corrected chi connectivity index (χ3v) is 3.97. The lowest BCUT2D eigenvalue weighted by Gasteiger charge is -2.17. The fourth-order valence-corrected chi connectivity index (χ4v) is 2.51. The first kappa shape index (κ1) is 15.0. The summed E-state index contributed by atoms with van der Waals surface area (Å²) in [5.41, 5.74) is 4.18. The van der Waals surface area contributed by atoms with E-state index in [1.54, 1.807) is 19.2 Å². The van der Waals surface area contributed by atoms with Gasteiger partial charge in [0.2, 0.25) is 0 Å². The summed E-state index contributed by atoms with van der Waals surface area (Å²) in [4.78, 5) is 0. The minimum absolute atomic E-state index is 0.0410. The molecule has 0 aromatic heterocycles. The van der Waals surface area contributed by atoms with Crippen LogP contribution in [-0.4, -0.2) is 22.4 Å². The fraction of sp³-hybridized carbons (Fsp3) is 0.294. The summed E-state index contributed by atoms with van der Waals surface area (Å²) in [7, 11) is 1.55. The Kier molecular flexibility index (Phi) is 3.98. The molecule has 0 amide bonds. The van der Waals surface area contributed by atoms with E-state index in [1.165, 1.54) is 6.07 Å². The fourth-order valence-electron chi connectivity index (χ4n) is 2.51. The van der Waals surface area contributed by atoms with Crippen LogP contribution >= 0.6 is 0 Å². The van der Waals surface area contributed by atoms with Gasteiger partial charge in [-0.25, -0.2) is 0 Å². The van der Waals surface area contributed by atoms with Gasteiger partial charge in [-0.1, -0.05) is 0 Å². The molecule has 0 spiro atoms. The van der Waals surface area contributed by atoms with Gasteiger partial charge in [0.25, 0.3) is 0 Å². The van der Waals surface area contributed by atoms with Gasteiger partial charge in [-0.3, -0.25) is 0 Å². The number of phenols is 3. The Morgan fingerprint density at radius 3 is 2.10 bits per heavy atom. The molecule has 0 saturated carbocycles. The van der Waals surface area contributed by atoms with E-state index < -0.39 is 0 Å². The van der Waals surface area contributed by atoms with Crippen molar-refractivity contribution in [3.63, 3.8) is 0 Å². The Morgan fingerprint density at radius 1 is 0.857 bits per heavy atom. The first-order chi connectivity index (χ1) is 9.85. The number of hydrogen-bond acceptors (Lipinski definition) is 4. The zero-order valence-corrected chi connectivity index (χ0v) is 12.7. The van der Waals surface area contributed by atoms with Crippen LogP contribution < -0.4 is 4.74 Å². The minimum Gasteiger partial charge on any atom is -0.508 e. The van der Waals surface area contributed by atoms with Crippen molar-refractivity contribution in [2.45, 2.75) is 27.2 Å². The van der Waals surface area contributed by atoms with Crippen molar-refractivity contribution in [2.24, 2.45) is 0 Å². The molecule has 21 heavy (non-hydrogen) atoms. The smallest absolute Gasteiger partial charge is 0.126 e. The molecule has 4 nitrogen and oxygen atoms in total. The van der Waals surface area contributed by atoms with Crippen LogP contribution in [0.3, 0.4) is 0 Å². The summed E-state index contributed by atoms with van der Waals surface area (Å²) in [6, 6.07) is 4.53. The summed E-state index contributed by atoms with van der Waals surface area (Å²) in [6.45, 7) is 5.60. The number of phenolic OH excluding ortho intramolecular Hbond substituents is 3. The molecule has 0 unspecified atom stereocenters. The molecule has 2 aromatic carbocycles. The highest BCUT2D eigenvalue weighted by atomic mass is 16.5. The lowest BCUT2D eigenvalue weighted by molar-refractivity contribution is 0.401. The number of hydrogen-bond donors (Lipinski definition) is 3. The van der Waals surface area contributed by atoms with Crippen molar-refractivity contribution in [2.75, 3.05) is 7.11 Å². The number of aromatic hydroxyl groups is 3. The van der Waals surface area contributed by atoms with Gasteiger partial charge in [0.1, 0.15) is 23.0 Å². The second kappa shape index (κ2) is 5.56. The Balaban J connectivity index is 2.57. The van der Waals surface area contributed by atoms with E-state index in [-0.39, 0.29) is 17.2 Å². The lowest BCUT2D eigenvalue weighted by Crippen LogP contribution is -2.01. The maximum Gasteiger partial charge on any atom is 0.126 e. The highest BCUT2D eigenvalue weighted by molar-refractivity contribution is 5.55.